The lowest BCUT2D eigenvalue weighted by molar-refractivity contribution is -0.132. The van der Waals surface area contributed by atoms with Crippen molar-refractivity contribution in [3.8, 4) is 0 Å². The molecule has 0 aromatic rings. The largest absolute Gasteiger partial charge is 0.382 e. The van der Waals surface area contributed by atoms with Crippen LogP contribution >= 0.6 is 0 Å². The predicted octanol–water partition coefficient (Wildman–Crippen LogP) is -2.80. The topological polar surface area (TPSA) is 98.9 Å². The predicted molar refractivity (Wildman–Crippen MR) is 62.1 cm³/mol. The van der Waals surface area contributed by atoms with Gasteiger partial charge in [0.25, 0.3) is 0 Å². The van der Waals surface area contributed by atoms with Crippen LogP contribution in [0.4, 0.5) is 0 Å². The second-order valence-electron chi connectivity index (χ2n) is 4.23. The Balaban J connectivity index is 2.19. The summed E-state index contributed by atoms with van der Waals surface area (Å²) in [5.41, 5.74) is 4.88. The number of nitrogens with two attached hydrogens (primary N) is 1. The van der Waals surface area contributed by atoms with Gasteiger partial charge in [0.05, 0.1) is 6.54 Å². The van der Waals surface area contributed by atoms with E-state index in [1.54, 1.807) is 4.90 Å². The van der Waals surface area contributed by atoms with Gasteiger partial charge < -0.3 is 26.0 Å². The summed E-state index contributed by atoms with van der Waals surface area (Å²) in [6, 6.07) is 0. The van der Waals surface area contributed by atoms with Crippen LogP contribution in [-0.4, -0.2) is 79.1 Å². The number of carbonyl (C=O) groups is 2. The summed E-state index contributed by atoms with van der Waals surface area (Å²) in [6.07, 6.45) is -1.24. The molecule has 0 aromatic carbocycles. The minimum Gasteiger partial charge on any atom is -0.382 e. The van der Waals surface area contributed by atoms with Crippen molar-refractivity contribution >= 4 is 11.8 Å². The van der Waals surface area contributed by atoms with E-state index in [2.05, 4.69) is 10.2 Å². The molecular weight excluding hydrogens is 224 g/mol. The lowest BCUT2D eigenvalue weighted by Gasteiger charge is -2.32. The summed E-state index contributed by atoms with van der Waals surface area (Å²) >= 11 is 0. The number of hydrogen-bond donors (Lipinski definition) is 3. The van der Waals surface area contributed by atoms with E-state index in [0.717, 1.165) is 26.2 Å². The molecule has 1 unspecified atom stereocenters. The van der Waals surface area contributed by atoms with Crippen molar-refractivity contribution in [3.63, 3.8) is 0 Å². The maximum absolute atomic E-state index is 11.7. The molecule has 7 heteroatoms. The highest BCUT2D eigenvalue weighted by Gasteiger charge is 2.19. The number of nitrogens with zero attached hydrogens (tertiary/aromatic N) is 2. The summed E-state index contributed by atoms with van der Waals surface area (Å²) in [6.45, 7) is 3.30. The van der Waals surface area contributed by atoms with E-state index in [9.17, 15) is 9.59 Å². The summed E-state index contributed by atoms with van der Waals surface area (Å²) in [7, 11) is 2.02. The van der Waals surface area contributed by atoms with Crippen LogP contribution in [0.15, 0.2) is 0 Å². The molecular formula is C10H20N4O3. The van der Waals surface area contributed by atoms with Crippen LogP contribution in [0.1, 0.15) is 0 Å². The van der Waals surface area contributed by atoms with Crippen LogP contribution < -0.4 is 11.1 Å². The number of aliphatic hydroxyl groups excluding tert-OH is 1. The quantitative estimate of drug-likeness (QED) is 0.485. The number of hydrogen-bond acceptors (Lipinski definition) is 5. The molecule has 1 rings (SSSR count). The molecule has 17 heavy (non-hydrogen) atoms. The Bertz CT molecular complexity index is 277. The van der Waals surface area contributed by atoms with E-state index in [4.69, 9.17) is 10.8 Å². The number of amides is 2. The molecule has 4 N–H and O–H groups in total. The molecule has 0 aliphatic carbocycles. The van der Waals surface area contributed by atoms with Crippen LogP contribution in [0.2, 0.25) is 0 Å². The number of primary amides is 1. The zero-order chi connectivity index (χ0) is 12.8. The number of aliphatic hydroxyl groups is 1. The van der Waals surface area contributed by atoms with Gasteiger partial charge >= 0.3 is 0 Å². The average molecular weight is 244 g/mol. The summed E-state index contributed by atoms with van der Waals surface area (Å²) < 4.78 is 0. The van der Waals surface area contributed by atoms with Gasteiger partial charge in [0.1, 0.15) is 6.10 Å². The number of likely N-dealkylation sites (N-methyl/N-ethyl adjacent to an activating group) is 1. The van der Waals surface area contributed by atoms with Crippen LogP contribution in [0, 0.1) is 0 Å². The van der Waals surface area contributed by atoms with Crippen molar-refractivity contribution in [2.24, 2.45) is 5.73 Å². The fourth-order valence-electron chi connectivity index (χ4n) is 1.58. The van der Waals surface area contributed by atoms with Gasteiger partial charge in [0.15, 0.2) is 0 Å². The fraction of sp³-hybridized carbons (Fsp3) is 0.800. The van der Waals surface area contributed by atoms with Crippen LogP contribution in [0.5, 0.6) is 0 Å². The normalized spacial score (nSPS) is 19.1. The lowest BCUT2D eigenvalue weighted by atomic mass is 10.3. The van der Waals surface area contributed by atoms with Crippen molar-refractivity contribution in [2.45, 2.75) is 6.10 Å². The molecule has 1 fully saturated rings. The molecule has 0 aromatic heterocycles. The number of nitrogens with one attached hydrogen (secondary N) is 1. The number of piperazine rings is 1. The van der Waals surface area contributed by atoms with E-state index < -0.39 is 12.0 Å². The second-order valence-corrected chi connectivity index (χ2v) is 4.23. The Kier molecular flexibility index (Phi) is 5.33. The smallest absolute Gasteiger partial charge is 0.247 e. The van der Waals surface area contributed by atoms with Crippen molar-refractivity contribution in [2.75, 3.05) is 46.3 Å². The van der Waals surface area contributed by atoms with Crippen molar-refractivity contribution in [3.05, 3.63) is 0 Å². The Morgan fingerprint density at radius 1 is 1.35 bits per heavy atom. The summed E-state index contributed by atoms with van der Waals surface area (Å²) in [5, 5.41) is 11.8. The Labute approximate surface area is 101 Å². The van der Waals surface area contributed by atoms with E-state index in [0.29, 0.717) is 0 Å². The summed E-state index contributed by atoms with van der Waals surface area (Å²) in [5.74, 6) is -0.806. The number of rotatable bonds is 5. The molecule has 1 aliphatic heterocycles. The lowest BCUT2D eigenvalue weighted by Crippen LogP contribution is -2.50. The van der Waals surface area contributed by atoms with Gasteiger partial charge in [-0.05, 0) is 7.05 Å². The Morgan fingerprint density at radius 3 is 2.47 bits per heavy atom. The first-order valence-corrected chi connectivity index (χ1v) is 5.65. The van der Waals surface area contributed by atoms with E-state index in [1.807, 2.05) is 7.05 Å². The highest BCUT2D eigenvalue weighted by atomic mass is 16.3. The maximum Gasteiger partial charge on any atom is 0.247 e. The molecule has 1 heterocycles. The van der Waals surface area contributed by atoms with E-state index in [1.165, 1.54) is 0 Å². The third kappa shape index (κ3) is 4.68. The Hall–Kier alpha value is -1.18. The molecule has 0 bridgehead atoms. The first kappa shape index (κ1) is 13.9. The molecule has 1 saturated heterocycles. The van der Waals surface area contributed by atoms with Crippen molar-refractivity contribution < 1.29 is 14.7 Å². The van der Waals surface area contributed by atoms with Crippen LogP contribution in [0.3, 0.4) is 0 Å². The van der Waals surface area contributed by atoms with Gasteiger partial charge in [0, 0.05) is 32.7 Å². The molecule has 1 aliphatic rings. The zero-order valence-corrected chi connectivity index (χ0v) is 10.1. The summed E-state index contributed by atoms with van der Waals surface area (Å²) in [4.78, 5) is 26.2. The van der Waals surface area contributed by atoms with Gasteiger partial charge in [-0.3, -0.25) is 9.59 Å². The molecule has 0 saturated carbocycles. The fourth-order valence-corrected chi connectivity index (χ4v) is 1.58. The minimum absolute atomic E-state index is 0.00875. The molecule has 7 nitrogen and oxygen atoms in total. The molecule has 0 spiro atoms. The monoisotopic (exact) mass is 244 g/mol. The molecule has 98 valence electrons. The molecule has 2 amide bonds. The van der Waals surface area contributed by atoms with Gasteiger partial charge in [-0.15, -0.1) is 0 Å². The van der Waals surface area contributed by atoms with Crippen LogP contribution in [0.25, 0.3) is 0 Å². The van der Waals surface area contributed by atoms with Gasteiger partial charge in [-0.2, -0.15) is 0 Å². The maximum atomic E-state index is 11.7. The second kappa shape index (κ2) is 6.53. The highest BCUT2D eigenvalue weighted by Crippen LogP contribution is 1.98. The van der Waals surface area contributed by atoms with Crippen molar-refractivity contribution in [1.29, 1.82) is 0 Å². The van der Waals surface area contributed by atoms with Gasteiger partial charge in [-0.1, -0.05) is 0 Å². The SMILES string of the molecule is CN1CCN(C(=O)CNCC(O)C(N)=O)CC1. The average Bonchev–Trinajstić information content (AvgIpc) is 2.29. The standard InChI is InChI=1S/C10H20N4O3/c1-13-2-4-14(5-3-13)9(16)7-12-6-8(15)10(11)17/h8,12,15H,2-7H2,1H3,(H2,11,17). The molecule has 0 radical (unpaired) electrons. The van der Waals surface area contributed by atoms with E-state index >= 15 is 0 Å². The Morgan fingerprint density at radius 2 is 1.94 bits per heavy atom. The van der Waals surface area contributed by atoms with Crippen molar-refractivity contribution in [1.82, 2.24) is 15.1 Å². The molecule has 1 atom stereocenters. The highest BCUT2D eigenvalue weighted by molar-refractivity contribution is 5.80. The van der Waals surface area contributed by atoms with E-state index in [-0.39, 0.29) is 19.0 Å². The first-order valence-electron chi connectivity index (χ1n) is 5.65. The minimum atomic E-state index is -1.24. The van der Waals surface area contributed by atoms with Gasteiger partial charge in [-0.25, -0.2) is 0 Å². The van der Waals surface area contributed by atoms with Gasteiger partial charge in [0.2, 0.25) is 11.8 Å². The first-order chi connectivity index (χ1) is 8.00. The third-order valence-corrected chi connectivity index (χ3v) is 2.80. The van der Waals surface area contributed by atoms with Crippen LogP contribution in [-0.2, 0) is 9.59 Å². The third-order valence-electron chi connectivity index (χ3n) is 2.80. The number of carbonyl (C=O) groups excluding carboxylic acids is 2. The zero-order valence-electron chi connectivity index (χ0n) is 10.1.